The minimum absolute atomic E-state index is 0.0307. The maximum Gasteiger partial charge on any atom is 0.259 e. The van der Waals surface area contributed by atoms with Gasteiger partial charge in [-0.05, 0) is 36.8 Å². The molecule has 0 aliphatic heterocycles. The first kappa shape index (κ1) is 19.8. The number of hydrogen-bond acceptors (Lipinski definition) is 3. The predicted octanol–water partition coefficient (Wildman–Crippen LogP) is 4.68. The van der Waals surface area contributed by atoms with Gasteiger partial charge in [-0.25, -0.2) is 13.5 Å². The Bertz CT molecular complexity index is 1010. The van der Waals surface area contributed by atoms with Gasteiger partial charge in [-0.3, -0.25) is 4.79 Å². The fraction of sp³-hybridized carbons (Fsp3) is 0.200. The number of aromatic nitrogens is 2. The lowest BCUT2D eigenvalue weighted by Gasteiger charge is -2.16. The minimum atomic E-state index is -0.759. The van der Waals surface area contributed by atoms with Gasteiger partial charge in [0.25, 0.3) is 5.91 Å². The summed E-state index contributed by atoms with van der Waals surface area (Å²) in [7, 11) is 3.08. The first-order valence-corrected chi connectivity index (χ1v) is 9.00. The number of benzene rings is 2. The molecule has 2 aromatic carbocycles. The highest BCUT2D eigenvalue weighted by Gasteiger charge is 2.19. The molecule has 0 unspecified atom stereocenters. The first-order valence-electron chi connectivity index (χ1n) is 8.62. The van der Waals surface area contributed by atoms with Gasteiger partial charge in [-0.1, -0.05) is 24.6 Å². The molecule has 1 amide bonds. The number of carbonyl (C=O) groups is 1. The van der Waals surface area contributed by atoms with Crippen molar-refractivity contribution in [1.29, 1.82) is 0 Å². The van der Waals surface area contributed by atoms with Gasteiger partial charge < -0.3 is 10.2 Å². The maximum atomic E-state index is 14.2. The van der Waals surface area contributed by atoms with Gasteiger partial charge in [-0.2, -0.15) is 5.10 Å². The molecule has 3 rings (SSSR count). The molecule has 0 atom stereocenters. The Morgan fingerprint density at radius 2 is 1.89 bits per heavy atom. The second-order valence-corrected chi connectivity index (χ2v) is 6.82. The zero-order valence-corrected chi connectivity index (χ0v) is 16.4. The standard InChI is InChI=1S/C20H19ClF2N4O/c1-4-18-15(11-24-27(18)14-7-5-6-12(21)8-14)20(28)25-13-9-16(22)19(26(2)3)17(23)10-13/h5-11H,4H2,1-3H3,(H,25,28). The van der Waals surface area contributed by atoms with Crippen molar-refractivity contribution in [2.75, 3.05) is 24.3 Å². The average molecular weight is 405 g/mol. The summed E-state index contributed by atoms with van der Waals surface area (Å²) < 4.78 is 29.9. The molecule has 0 aliphatic carbocycles. The summed E-state index contributed by atoms with van der Waals surface area (Å²) in [5.74, 6) is -2.02. The van der Waals surface area contributed by atoms with Crippen LogP contribution in [0.4, 0.5) is 20.2 Å². The van der Waals surface area contributed by atoms with Gasteiger partial charge in [0.1, 0.15) is 5.69 Å². The van der Waals surface area contributed by atoms with E-state index in [1.54, 1.807) is 22.9 Å². The van der Waals surface area contributed by atoms with E-state index in [0.717, 1.165) is 17.8 Å². The fourth-order valence-corrected chi connectivity index (χ4v) is 3.18. The number of nitrogens with one attached hydrogen (secondary N) is 1. The monoisotopic (exact) mass is 404 g/mol. The number of rotatable bonds is 5. The number of nitrogens with zero attached hydrogens (tertiary/aromatic N) is 3. The number of anilines is 2. The highest BCUT2D eigenvalue weighted by molar-refractivity contribution is 6.30. The first-order chi connectivity index (χ1) is 13.3. The predicted molar refractivity (Wildman–Crippen MR) is 107 cm³/mol. The third-order valence-electron chi connectivity index (χ3n) is 4.22. The molecule has 1 heterocycles. The lowest BCUT2D eigenvalue weighted by molar-refractivity contribution is 0.102. The number of amides is 1. The quantitative estimate of drug-likeness (QED) is 0.671. The van der Waals surface area contributed by atoms with Crippen LogP contribution in [0.3, 0.4) is 0 Å². The summed E-state index contributed by atoms with van der Waals surface area (Å²) in [5, 5.41) is 7.36. The van der Waals surface area contributed by atoms with E-state index < -0.39 is 17.5 Å². The Morgan fingerprint density at radius 3 is 2.46 bits per heavy atom. The van der Waals surface area contributed by atoms with E-state index in [4.69, 9.17) is 11.6 Å². The van der Waals surface area contributed by atoms with Crippen LogP contribution < -0.4 is 10.2 Å². The van der Waals surface area contributed by atoms with Crippen molar-refractivity contribution < 1.29 is 13.6 Å². The molecule has 28 heavy (non-hydrogen) atoms. The normalized spacial score (nSPS) is 10.8. The van der Waals surface area contributed by atoms with E-state index in [9.17, 15) is 13.6 Å². The Balaban J connectivity index is 1.92. The van der Waals surface area contributed by atoms with Crippen molar-refractivity contribution in [1.82, 2.24) is 9.78 Å². The van der Waals surface area contributed by atoms with Crippen LogP contribution in [0, 0.1) is 11.6 Å². The highest BCUT2D eigenvalue weighted by Crippen LogP contribution is 2.26. The Labute approximate surface area is 166 Å². The van der Waals surface area contributed by atoms with Crippen molar-refractivity contribution in [3.8, 4) is 5.69 Å². The SMILES string of the molecule is CCc1c(C(=O)Nc2cc(F)c(N(C)C)c(F)c2)cnn1-c1cccc(Cl)c1. The van der Waals surface area contributed by atoms with Crippen LogP contribution in [-0.2, 0) is 6.42 Å². The van der Waals surface area contributed by atoms with Crippen molar-refractivity contribution >= 4 is 28.9 Å². The zero-order chi connectivity index (χ0) is 20.4. The van der Waals surface area contributed by atoms with Crippen LogP contribution in [0.2, 0.25) is 5.02 Å². The molecule has 0 saturated carbocycles. The molecule has 1 aromatic heterocycles. The molecular weight excluding hydrogens is 386 g/mol. The molecule has 0 bridgehead atoms. The van der Waals surface area contributed by atoms with Gasteiger partial charge in [0, 0.05) is 24.8 Å². The molecule has 0 fully saturated rings. The molecule has 5 nitrogen and oxygen atoms in total. The van der Waals surface area contributed by atoms with E-state index >= 15 is 0 Å². The van der Waals surface area contributed by atoms with Crippen molar-refractivity contribution in [3.05, 3.63) is 70.5 Å². The molecule has 1 N–H and O–H groups in total. The molecule has 0 saturated heterocycles. The fourth-order valence-electron chi connectivity index (χ4n) is 3.00. The van der Waals surface area contributed by atoms with Crippen LogP contribution >= 0.6 is 11.6 Å². The highest BCUT2D eigenvalue weighted by atomic mass is 35.5. The largest absolute Gasteiger partial charge is 0.373 e. The molecule has 0 aliphatic rings. The molecule has 0 radical (unpaired) electrons. The summed E-state index contributed by atoms with van der Waals surface area (Å²) in [6, 6.07) is 9.27. The van der Waals surface area contributed by atoms with Crippen molar-refractivity contribution in [3.63, 3.8) is 0 Å². The van der Waals surface area contributed by atoms with Crippen LogP contribution in [0.25, 0.3) is 5.69 Å². The lowest BCUT2D eigenvalue weighted by atomic mass is 10.1. The molecule has 146 valence electrons. The van der Waals surface area contributed by atoms with Gasteiger partial charge in [0.05, 0.1) is 23.1 Å². The topological polar surface area (TPSA) is 50.2 Å². The zero-order valence-electron chi connectivity index (χ0n) is 15.6. The van der Waals surface area contributed by atoms with Crippen LogP contribution in [0.5, 0.6) is 0 Å². The molecular formula is C20H19ClF2N4O. The average Bonchev–Trinajstić information content (AvgIpc) is 3.04. The summed E-state index contributed by atoms with van der Waals surface area (Å²) in [4.78, 5) is 14.0. The van der Waals surface area contributed by atoms with Crippen LogP contribution in [0.1, 0.15) is 23.0 Å². The smallest absolute Gasteiger partial charge is 0.259 e. The van der Waals surface area contributed by atoms with E-state index in [2.05, 4.69) is 10.4 Å². The summed E-state index contributed by atoms with van der Waals surface area (Å²) in [6.07, 6.45) is 1.95. The van der Waals surface area contributed by atoms with Crippen LogP contribution in [-0.4, -0.2) is 29.8 Å². The van der Waals surface area contributed by atoms with E-state index in [-0.39, 0.29) is 11.4 Å². The Morgan fingerprint density at radius 1 is 1.21 bits per heavy atom. The second kappa shape index (κ2) is 7.98. The van der Waals surface area contributed by atoms with E-state index in [1.807, 2.05) is 13.0 Å². The molecule has 8 heteroatoms. The number of carbonyl (C=O) groups excluding carboxylic acids is 1. The summed E-state index contributed by atoms with van der Waals surface area (Å²) in [6.45, 7) is 1.89. The van der Waals surface area contributed by atoms with Gasteiger partial charge in [0.2, 0.25) is 0 Å². The number of hydrogen-bond donors (Lipinski definition) is 1. The summed E-state index contributed by atoms with van der Waals surface area (Å²) >= 11 is 6.04. The van der Waals surface area contributed by atoms with Gasteiger partial charge in [-0.15, -0.1) is 0 Å². The minimum Gasteiger partial charge on any atom is -0.373 e. The molecule has 3 aromatic rings. The second-order valence-electron chi connectivity index (χ2n) is 6.39. The molecule has 0 spiro atoms. The Hall–Kier alpha value is -2.93. The van der Waals surface area contributed by atoms with Crippen LogP contribution in [0.15, 0.2) is 42.6 Å². The summed E-state index contributed by atoms with van der Waals surface area (Å²) in [5.41, 5.74) is 1.56. The van der Waals surface area contributed by atoms with E-state index in [0.29, 0.717) is 22.7 Å². The lowest BCUT2D eigenvalue weighted by Crippen LogP contribution is -2.16. The third kappa shape index (κ3) is 3.84. The maximum absolute atomic E-state index is 14.2. The van der Waals surface area contributed by atoms with E-state index in [1.165, 1.54) is 25.2 Å². The third-order valence-corrected chi connectivity index (χ3v) is 4.46. The van der Waals surface area contributed by atoms with Crippen molar-refractivity contribution in [2.45, 2.75) is 13.3 Å². The van der Waals surface area contributed by atoms with Crippen molar-refractivity contribution in [2.24, 2.45) is 0 Å². The van der Waals surface area contributed by atoms with Gasteiger partial charge in [0.15, 0.2) is 11.6 Å². The Kier molecular flexibility index (Phi) is 5.65. The number of halogens is 3. The van der Waals surface area contributed by atoms with Gasteiger partial charge >= 0.3 is 0 Å².